The smallest absolute Gasteiger partial charge is 0.120 e. The number of rotatable bonds is 9. The van der Waals surface area contributed by atoms with Crippen LogP contribution >= 0.6 is 0 Å². The molecule has 0 bridgehead atoms. The van der Waals surface area contributed by atoms with Gasteiger partial charge in [0, 0.05) is 6.54 Å². The maximum atomic E-state index is 5.91. The maximum absolute atomic E-state index is 5.91. The van der Waals surface area contributed by atoms with Crippen LogP contribution in [0.3, 0.4) is 0 Å². The molecule has 124 valence electrons. The van der Waals surface area contributed by atoms with Gasteiger partial charge in [-0.05, 0) is 55.6 Å². The number of nitrogens with zero attached hydrogens (tertiary/aromatic N) is 1. The highest BCUT2D eigenvalue weighted by atomic mass is 16.5. The van der Waals surface area contributed by atoms with E-state index in [2.05, 4.69) is 56.1 Å². The molecule has 0 spiro atoms. The summed E-state index contributed by atoms with van der Waals surface area (Å²) in [5.41, 5.74) is 2.51. The fourth-order valence-electron chi connectivity index (χ4n) is 2.63. The second-order valence-electron chi connectivity index (χ2n) is 6.70. The fourth-order valence-corrected chi connectivity index (χ4v) is 2.63. The van der Waals surface area contributed by atoms with Crippen LogP contribution in [0.2, 0.25) is 0 Å². The molecule has 0 atom stereocenters. The van der Waals surface area contributed by atoms with Gasteiger partial charge < -0.3 is 9.64 Å². The van der Waals surface area contributed by atoms with Crippen LogP contribution in [0.5, 0.6) is 5.75 Å². The molecule has 0 aromatic heterocycles. The Morgan fingerprint density at radius 3 is 2.43 bits per heavy atom. The molecule has 2 aromatic carbocycles. The Hall–Kier alpha value is -1.80. The molecule has 0 aliphatic rings. The Balaban J connectivity index is 1.82. The molecule has 0 aliphatic carbocycles. The number of benzene rings is 2. The van der Waals surface area contributed by atoms with Crippen molar-refractivity contribution in [1.29, 1.82) is 0 Å². The molecule has 2 nitrogen and oxygen atoms in total. The average Bonchev–Trinajstić information content (AvgIpc) is 2.54. The highest BCUT2D eigenvalue weighted by molar-refractivity contribution is 5.29. The zero-order chi connectivity index (χ0) is 16.5. The number of hydrogen-bond acceptors (Lipinski definition) is 2. The van der Waals surface area contributed by atoms with Crippen molar-refractivity contribution < 1.29 is 4.74 Å². The molecular weight excluding hydrogens is 282 g/mol. The molecule has 0 aliphatic heterocycles. The van der Waals surface area contributed by atoms with Gasteiger partial charge in [0.25, 0.3) is 0 Å². The first-order valence-electron chi connectivity index (χ1n) is 8.57. The summed E-state index contributed by atoms with van der Waals surface area (Å²) in [6, 6.07) is 18.7. The van der Waals surface area contributed by atoms with E-state index in [-0.39, 0.29) is 0 Å². The molecule has 0 N–H and O–H groups in total. The zero-order valence-corrected chi connectivity index (χ0v) is 14.7. The Morgan fingerprint density at radius 2 is 1.70 bits per heavy atom. The van der Waals surface area contributed by atoms with Crippen molar-refractivity contribution in [3.8, 4) is 5.75 Å². The van der Waals surface area contributed by atoms with E-state index in [0.29, 0.717) is 6.61 Å². The standard InChI is InChI=1S/C21H29NO/c1-18(2)9-8-14-22(3)16-20-12-7-13-21(15-20)23-17-19-10-5-4-6-11-19/h4-7,10-13,15,18H,8-9,14,16-17H2,1-3H3. The van der Waals surface area contributed by atoms with Crippen LogP contribution in [0.15, 0.2) is 54.6 Å². The van der Waals surface area contributed by atoms with Crippen LogP contribution in [0.1, 0.15) is 37.8 Å². The summed E-state index contributed by atoms with van der Waals surface area (Å²) in [5, 5.41) is 0. The molecule has 0 saturated heterocycles. The molecular formula is C21H29NO. The first-order valence-corrected chi connectivity index (χ1v) is 8.57. The van der Waals surface area contributed by atoms with Crippen LogP contribution in [-0.2, 0) is 13.2 Å². The van der Waals surface area contributed by atoms with Crippen molar-refractivity contribution in [2.75, 3.05) is 13.6 Å². The van der Waals surface area contributed by atoms with E-state index in [4.69, 9.17) is 4.74 Å². The van der Waals surface area contributed by atoms with Crippen molar-refractivity contribution in [1.82, 2.24) is 4.90 Å². The Labute approximate surface area is 141 Å². The molecule has 0 radical (unpaired) electrons. The van der Waals surface area contributed by atoms with Gasteiger partial charge in [0.2, 0.25) is 0 Å². The minimum absolute atomic E-state index is 0.620. The Bertz CT molecular complexity index is 565. The van der Waals surface area contributed by atoms with Gasteiger partial charge in [-0.1, -0.05) is 56.3 Å². The van der Waals surface area contributed by atoms with Crippen LogP contribution in [0.25, 0.3) is 0 Å². The summed E-state index contributed by atoms with van der Waals surface area (Å²) in [4.78, 5) is 2.39. The summed E-state index contributed by atoms with van der Waals surface area (Å²) in [7, 11) is 2.19. The number of ether oxygens (including phenoxy) is 1. The highest BCUT2D eigenvalue weighted by Crippen LogP contribution is 2.16. The second kappa shape index (κ2) is 9.36. The van der Waals surface area contributed by atoms with Crippen LogP contribution in [0, 0.1) is 5.92 Å². The maximum Gasteiger partial charge on any atom is 0.120 e. The van der Waals surface area contributed by atoms with Gasteiger partial charge in [-0.3, -0.25) is 0 Å². The molecule has 0 unspecified atom stereocenters. The first kappa shape index (κ1) is 17.6. The summed E-state index contributed by atoms with van der Waals surface area (Å²) in [5.74, 6) is 1.74. The minimum atomic E-state index is 0.620. The average molecular weight is 311 g/mol. The van der Waals surface area contributed by atoms with Crippen molar-refractivity contribution in [3.63, 3.8) is 0 Å². The predicted octanol–water partition coefficient (Wildman–Crippen LogP) is 5.13. The molecule has 0 heterocycles. The third-order valence-corrected chi connectivity index (χ3v) is 3.92. The summed E-state index contributed by atoms with van der Waals surface area (Å²) in [6.45, 7) is 7.31. The quantitative estimate of drug-likeness (QED) is 0.636. The van der Waals surface area contributed by atoms with Crippen LogP contribution < -0.4 is 4.74 Å². The van der Waals surface area contributed by atoms with E-state index < -0.39 is 0 Å². The third kappa shape index (κ3) is 6.87. The summed E-state index contributed by atoms with van der Waals surface area (Å²) >= 11 is 0. The lowest BCUT2D eigenvalue weighted by molar-refractivity contribution is 0.299. The van der Waals surface area contributed by atoms with Gasteiger partial charge in [0.05, 0.1) is 0 Å². The first-order chi connectivity index (χ1) is 11.1. The highest BCUT2D eigenvalue weighted by Gasteiger charge is 2.03. The van der Waals surface area contributed by atoms with E-state index in [1.54, 1.807) is 0 Å². The predicted molar refractivity (Wildman–Crippen MR) is 97.6 cm³/mol. The molecule has 2 aromatic rings. The van der Waals surface area contributed by atoms with Crippen molar-refractivity contribution in [2.45, 2.75) is 39.8 Å². The van der Waals surface area contributed by atoms with Crippen LogP contribution in [-0.4, -0.2) is 18.5 Å². The lowest BCUT2D eigenvalue weighted by Gasteiger charge is -2.18. The zero-order valence-electron chi connectivity index (χ0n) is 14.7. The fraction of sp³-hybridized carbons (Fsp3) is 0.429. The third-order valence-electron chi connectivity index (χ3n) is 3.92. The SMILES string of the molecule is CC(C)CCCN(C)Cc1cccc(OCc2ccccc2)c1. The normalized spacial score (nSPS) is 11.2. The van der Waals surface area contributed by atoms with Crippen molar-refractivity contribution in [2.24, 2.45) is 5.92 Å². The van der Waals surface area contributed by atoms with Gasteiger partial charge in [0.15, 0.2) is 0 Å². The topological polar surface area (TPSA) is 12.5 Å². The summed E-state index contributed by atoms with van der Waals surface area (Å²) in [6.07, 6.45) is 2.56. The Kier molecular flexibility index (Phi) is 7.15. The molecule has 0 fully saturated rings. The van der Waals surface area contributed by atoms with Gasteiger partial charge in [0.1, 0.15) is 12.4 Å². The largest absolute Gasteiger partial charge is 0.489 e. The molecule has 0 saturated carbocycles. The lowest BCUT2D eigenvalue weighted by Crippen LogP contribution is -2.19. The van der Waals surface area contributed by atoms with E-state index in [1.807, 2.05) is 24.3 Å². The van der Waals surface area contributed by atoms with Gasteiger partial charge in [-0.15, -0.1) is 0 Å². The summed E-state index contributed by atoms with van der Waals surface area (Å²) < 4.78 is 5.91. The molecule has 2 rings (SSSR count). The molecule has 23 heavy (non-hydrogen) atoms. The number of hydrogen-bond donors (Lipinski definition) is 0. The van der Waals surface area contributed by atoms with E-state index >= 15 is 0 Å². The lowest BCUT2D eigenvalue weighted by atomic mass is 10.1. The Morgan fingerprint density at radius 1 is 0.957 bits per heavy atom. The van der Waals surface area contributed by atoms with Gasteiger partial charge in [-0.2, -0.15) is 0 Å². The molecule has 2 heteroatoms. The van der Waals surface area contributed by atoms with Crippen molar-refractivity contribution >= 4 is 0 Å². The van der Waals surface area contributed by atoms with E-state index in [1.165, 1.54) is 24.0 Å². The van der Waals surface area contributed by atoms with E-state index in [0.717, 1.165) is 24.8 Å². The monoisotopic (exact) mass is 311 g/mol. The van der Waals surface area contributed by atoms with Crippen LogP contribution in [0.4, 0.5) is 0 Å². The minimum Gasteiger partial charge on any atom is -0.489 e. The van der Waals surface area contributed by atoms with Gasteiger partial charge in [-0.25, -0.2) is 0 Å². The van der Waals surface area contributed by atoms with E-state index in [9.17, 15) is 0 Å². The molecule has 0 amide bonds. The second-order valence-corrected chi connectivity index (χ2v) is 6.70. The van der Waals surface area contributed by atoms with Crippen molar-refractivity contribution in [3.05, 3.63) is 65.7 Å². The van der Waals surface area contributed by atoms with Gasteiger partial charge >= 0.3 is 0 Å².